The number of aromatic nitrogens is 1. The highest BCUT2D eigenvalue weighted by Gasteiger charge is 2.21. The highest BCUT2D eigenvalue weighted by molar-refractivity contribution is 6.00. The summed E-state index contributed by atoms with van der Waals surface area (Å²) in [6, 6.07) is 2.84. The van der Waals surface area contributed by atoms with Gasteiger partial charge in [-0.25, -0.2) is 13.8 Å². The minimum atomic E-state index is -2.67. The molecule has 0 aliphatic heterocycles. The van der Waals surface area contributed by atoms with Crippen LogP contribution in [0, 0.1) is 0 Å². The number of fused-ring (bicyclic) bond motifs is 1. The van der Waals surface area contributed by atoms with Crippen molar-refractivity contribution in [2.45, 2.75) is 6.43 Å². The first kappa shape index (κ1) is 15.1. The van der Waals surface area contributed by atoms with Gasteiger partial charge in [0.15, 0.2) is 11.5 Å². The molecule has 21 heavy (non-hydrogen) atoms. The van der Waals surface area contributed by atoms with Gasteiger partial charge in [0.25, 0.3) is 6.43 Å². The molecule has 1 N–H and O–H groups in total. The predicted octanol–water partition coefficient (Wildman–Crippen LogP) is 3.24. The second kappa shape index (κ2) is 5.99. The van der Waals surface area contributed by atoms with Crippen LogP contribution in [-0.4, -0.2) is 33.4 Å². The number of nitrogens with zero attached hydrogens (tertiary/aromatic N) is 1. The van der Waals surface area contributed by atoms with Gasteiger partial charge in [0.1, 0.15) is 5.69 Å². The summed E-state index contributed by atoms with van der Waals surface area (Å²) in [6.45, 7) is 0. The Balaban J connectivity index is 2.90. The van der Waals surface area contributed by atoms with Crippen molar-refractivity contribution in [3.63, 3.8) is 0 Å². The summed E-state index contributed by atoms with van der Waals surface area (Å²) >= 11 is 0. The van der Waals surface area contributed by atoms with Gasteiger partial charge < -0.3 is 19.5 Å². The van der Waals surface area contributed by atoms with Gasteiger partial charge in [0.05, 0.1) is 32.2 Å². The van der Waals surface area contributed by atoms with E-state index >= 15 is 0 Å². The van der Waals surface area contributed by atoms with E-state index < -0.39 is 6.43 Å². The van der Waals surface area contributed by atoms with Crippen molar-refractivity contribution in [1.29, 1.82) is 0 Å². The summed E-state index contributed by atoms with van der Waals surface area (Å²) in [4.78, 5) is 3.97. The van der Waals surface area contributed by atoms with Crippen LogP contribution in [0.3, 0.4) is 0 Å². The first-order valence-electron chi connectivity index (χ1n) is 6.16. The van der Waals surface area contributed by atoms with Crippen LogP contribution >= 0.6 is 0 Å². The van der Waals surface area contributed by atoms with Gasteiger partial charge in [-0.1, -0.05) is 0 Å². The van der Waals surface area contributed by atoms with E-state index in [2.05, 4.69) is 10.3 Å². The number of hydrogen-bond acceptors (Lipinski definition) is 5. The standard InChI is InChI=1S/C14H16F2N2O3/c1-17-7-5-9(14(15)16)18-8-6-10(19-2)12(20-3)13(21-4)11(7)8/h5-6,14H,1-4H3,(H,17,18). The minimum Gasteiger partial charge on any atom is -0.493 e. The molecule has 5 nitrogen and oxygen atoms in total. The van der Waals surface area contributed by atoms with E-state index in [4.69, 9.17) is 14.2 Å². The molecule has 0 spiro atoms. The Kier molecular flexibility index (Phi) is 4.30. The van der Waals surface area contributed by atoms with Gasteiger partial charge in [-0.3, -0.25) is 0 Å². The molecule has 0 unspecified atom stereocenters. The summed E-state index contributed by atoms with van der Waals surface area (Å²) in [5.41, 5.74) is 0.501. The summed E-state index contributed by atoms with van der Waals surface area (Å²) in [5, 5.41) is 3.44. The monoisotopic (exact) mass is 298 g/mol. The first-order valence-corrected chi connectivity index (χ1v) is 6.16. The molecule has 114 valence electrons. The van der Waals surface area contributed by atoms with Crippen LogP contribution < -0.4 is 19.5 Å². The average molecular weight is 298 g/mol. The van der Waals surface area contributed by atoms with E-state index in [1.165, 1.54) is 27.4 Å². The van der Waals surface area contributed by atoms with E-state index in [9.17, 15) is 8.78 Å². The first-order chi connectivity index (χ1) is 10.1. The summed E-state index contributed by atoms with van der Waals surface area (Å²) in [6.07, 6.45) is -2.67. The molecule has 2 aromatic rings. The third-order valence-electron chi connectivity index (χ3n) is 3.11. The highest BCUT2D eigenvalue weighted by atomic mass is 19.3. The maximum Gasteiger partial charge on any atom is 0.280 e. The van der Waals surface area contributed by atoms with Crippen LogP contribution in [0.5, 0.6) is 17.2 Å². The van der Waals surface area contributed by atoms with Crippen molar-refractivity contribution in [2.24, 2.45) is 0 Å². The molecule has 0 fully saturated rings. The van der Waals surface area contributed by atoms with Crippen LogP contribution in [0.25, 0.3) is 10.9 Å². The van der Waals surface area contributed by atoms with E-state index in [1.54, 1.807) is 13.1 Å². The number of halogens is 2. The van der Waals surface area contributed by atoms with Crippen molar-refractivity contribution < 1.29 is 23.0 Å². The molecule has 0 radical (unpaired) electrons. The number of nitrogens with one attached hydrogen (secondary N) is 1. The van der Waals surface area contributed by atoms with Crippen LogP contribution in [0.15, 0.2) is 12.1 Å². The topological polar surface area (TPSA) is 52.6 Å². The molecule has 0 atom stereocenters. The zero-order valence-corrected chi connectivity index (χ0v) is 12.2. The van der Waals surface area contributed by atoms with Gasteiger partial charge in [-0.2, -0.15) is 0 Å². The molecule has 0 saturated carbocycles. The molecule has 2 rings (SSSR count). The van der Waals surface area contributed by atoms with Crippen molar-refractivity contribution in [2.75, 3.05) is 33.7 Å². The molecule has 0 saturated heterocycles. The van der Waals surface area contributed by atoms with Gasteiger partial charge in [-0.15, -0.1) is 0 Å². The lowest BCUT2D eigenvalue weighted by Gasteiger charge is -2.17. The SMILES string of the molecule is CNc1cc(C(F)F)nc2cc(OC)c(OC)c(OC)c12. The fourth-order valence-electron chi connectivity index (χ4n) is 2.19. The summed E-state index contributed by atoms with van der Waals surface area (Å²) in [5.74, 6) is 1.13. The lowest BCUT2D eigenvalue weighted by molar-refractivity contribution is 0.146. The minimum absolute atomic E-state index is 0.318. The molecule has 1 aromatic heterocycles. The smallest absolute Gasteiger partial charge is 0.280 e. The third-order valence-corrected chi connectivity index (χ3v) is 3.11. The normalized spacial score (nSPS) is 10.8. The zero-order chi connectivity index (χ0) is 15.6. The number of hydrogen-bond donors (Lipinski definition) is 1. The van der Waals surface area contributed by atoms with Crippen molar-refractivity contribution in [1.82, 2.24) is 4.98 Å². The van der Waals surface area contributed by atoms with Crippen LogP contribution in [0.1, 0.15) is 12.1 Å². The van der Waals surface area contributed by atoms with Crippen molar-refractivity contribution in [3.8, 4) is 17.2 Å². The van der Waals surface area contributed by atoms with Crippen molar-refractivity contribution in [3.05, 3.63) is 17.8 Å². The fourth-order valence-corrected chi connectivity index (χ4v) is 2.19. The maximum atomic E-state index is 12.9. The Morgan fingerprint density at radius 1 is 1.05 bits per heavy atom. The molecule has 7 heteroatoms. The Morgan fingerprint density at radius 3 is 2.19 bits per heavy atom. The predicted molar refractivity (Wildman–Crippen MR) is 75.9 cm³/mol. The molecular weight excluding hydrogens is 282 g/mol. The quantitative estimate of drug-likeness (QED) is 0.918. The Morgan fingerprint density at radius 2 is 1.71 bits per heavy atom. The number of pyridine rings is 1. The van der Waals surface area contributed by atoms with Gasteiger partial charge >= 0.3 is 0 Å². The highest BCUT2D eigenvalue weighted by Crippen LogP contribution is 2.46. The van der Waals surface area contributed by atoms with E-state index in [1.807, 2.05) is 0 Å². The molecule has 0 amide bonds. The maximum absolute atomic E-state index is 12.9. The third kappa shape index (κ3) is 2.51. The number of ether oxygens (including phenoxy) is 3. The van der Waals surface area contributed by atoms with Gasteiger partial charge in [0, 0.05) is 18.8 Å². The Labute approximate surface area is 120 Å². The van der Waals surface area contributed by atoms with Crippen molar-refractivity contribution >= 4 is 16.6 Å². The lowest BCUT2D eigenvalue weighted by Crippen LogP contribution is -2.01. The second-order valence-electron chi connectivity index (χ2n) is 4.18. The van der Waals surface area contributed by atoms with E-state index in [0.717, 1.165) is 0 Å². The second-order valence-corrected chi connectivity index (χ2v) is 4.18. The van der Waals surface area contributed by atoms with Gasteiger partial charge in [0.2, 0.25) is 5.75 Å². The number of alkyl halides is 2. The average Bonchev–Trinajstić information content (AvgIpc) is 2.51. The number of methoxy groups -OCH3 is 3. The Hall–Kier alpha value is -2.31. The summed E-state index contributed by atoms with van der Waals surface area (Å²) < 4.78 is 41.7. The summed E-state index contributed by atoms with van der Waals surface area (Å²) in [7, 11) is 6.04. The van der Waals surface area contributed by atoms with Crippen LogP contribution in [0.2, 0.25) is 0 Å². The molecule has 1 heterocycles. The molecule has 0 aliphatic carbocycles. The van der Waals surface area contributed by atoms with E-state index in [0.29, 0.717) is 33.8 Å². The fraction of sp³-hybridized carbons (Fsp3) is 0.357. The Bertz CT molecular complexity index is 662. The molecule has 0 aliphatic rings. The molecule has 1 aromatic carbocycles. The lowest BCUT2D eigenvalue weighted by atomic mass is 10.1. The molecular formula is C14H16F2N2O3. The van der Waals surface area contributed by atoms with E-state index in [-0.39, 0.29) is 5.69 Å². The molecule has 0 bridgehead atoms. The van der Waals surface area contributed by atoms with Crippen LogP contribution in [-0.2, 0) is 0 Å². The number of anilines is 1. The van der Waals surface area contributed by atoms with Gasteiger partial charge in [-0.05, 0) is 6.07 Å². The largest absolute Gasteiger partial charge is 0.493 e. The number of benzene rings is 1. The number of rotatable bonds is 5. The zero-order valence-electron chi connectivity index (χ0n) is 12.2. The van der Waals surface area contributed by atoms with Crippen LogP contribution in [0.4, 0.5) is 14.5 Å².